The molecule has 0 saturated heterocycles. The minimum Gasteiger partial charge on any atom is -0.282 e. The summed E-state index contributed by atoms with van der Waals surface area (Å²) in [6.45, 7) is 0. The zero-order valence-corrected chi connectivity index (χ0v) is 4.91. The third kappa shape index (κ3) is 3.76. The molecule has 0 fully saturated rings. The first kappa shape index (κ1) is 8.21. The van der Waals surface area contributed by atoms with E-state index >= 15 is 0 Å². The fourth-order valence-corrected chi connectivity index (χ4v) is 0.351. The molecule has 1 N–H and O–H groups in total. The summed E-state index contributed by atoms with van der Waals surface area (Å²) in [6.07, 6.45) is -0.0811. The summed E-state index contributed by atoms with van der Waals surface area (Å²) in [5, 5.41) is 0.0378. The van der Waals surface area contributed by atoms with Crippen LogP contribution >= 0.6 is 0 Å². The molecule has 0 aromatic rings. The molecular weight excluding hydrogens is 150 g/mol. The molecule has 0 heterocycles. The van der Waals surface area contributed by atoms with Crippen LogP contribution in [0.1, 0.15) is 0 Å². The Labute approximate surface area is 52.8 Å². The van der Waals surface area contributed by atoms with Gasteiger partial charge in [0, 0.05) is 0 Å². The van der Waals surface area contributed by atoms with Crippen molar-refractivity contribution in [1.82, 2.24) is 5.06 Å². The number of amides is 2. The van der Waals surface area contributed by atoms with Crippen LogP contribution in [-0.4, -0.2) is 26.6 Å². The lowest BCUT2D eigenvalue weighted by Crippen LogP contribution is -2.20. The summed E-state index contributed by atoms with van der Waals surface area (Å²) in [6, 6.07) is 0. The minimum atomic E-state index is -2.63. The summed E-state index contributed by atoms with van der Waals surface area (Å²) in [5.74, 6) is 0. The average molecular weight is 153 g/mol. The van der Waals surface area contributed by atoms with Gasteiger partial charge in [-0.25, -0.2) is 0 Å². The molecule has 52 valence electrons. The van der Waals surface area contributed by atoms with E-state index in [9.17, 15) is 13.8 Å². The zero-order chi connectivity index (χ0) is 7.28. The first-order valence-electron chi connectivity index (χ1n) is 1.69. The lowest BCUT2D eigenvalue weighted by molar-refractivity contribution is -0.152. The Bertz CT molecular complexity index is 127. The van der Waals surface area contributed by atoms with E-state index in [1.807, 2.05) is 0 Å². The Balaban J connectivity index is 3.68. The van der Waals surface area contributed by atoms with E-state index in [1.165, 1.54) is 0 Å². The number of hydrogen-bond donors (Lipinski definition) is 1. The van der Waals surface area contributed by atoms with Crippen molar-refractivity contribution in [2.75, 3.05) is 0 Å². The van der Waals surface area contributed by atoms with E-state index in [4.69, 9.17) is 4.55 Å². The van der Waals surface area contributed by atoms with E-state index in [2.05, 4.69) is 4.28 Å². The number of imide groups is 1. The predicted molar refractivity (Wildman–Crippen MR) is 25.8 cm³/mol. The molecule has 0 spiro atoms. The molecule has 0 rings (SSSR count). The average Bonchev–Trinajstić information content (AvgIpc) is 1.82. The van der Waals surface area contributed by atoms with Crippen LogP contribution in [0.3, 0.4) is 0 Å². The van der Waals surface area contributed by atoms with Crippen LogP contribution in [0.25, 0.3) is 0 Å². The zero-order valence-electron chi connectivity index (χ0n) is 4.09. The molecule has 1 atom stereocenters. The molecule has 7 heteroatoms. The number of rotatable bonds is 4. The van der Waals surface area contributed by atoms with Gasteiger partial charge in [0.15, 0.2) is 0 Å². The maximum Gasteiger partial charge on any atom is 0.325 e. The summed E-state index contributed by atoms with van der Waals surface area (Å²) in [4.78, 5) is 19.2. The van der Waals surface area contributed by atoms with Crippen molar-refractivity contribution in [1.29, 1.82) is 0 Å². The van der Waals surface area contributed by atoms with Gasteiger partial charge in [0.2, 0.25) is 12.8 Å². The van der Waals surface area contributed by atoms with E-state index < -0.39 is 11.4 Å². The van der Waals surface area contributed by atoms with Gasteiger partial charge in [-0.05, 0) is 0 Å². The first-order valence-corrected chi connectivity index (χ1v) is 2.72. The standard InChI is InChI=1S/C2H3NO5S/c4-1-3(2-5)8-9(6)7/h1-2H,(H,6,7). The van der Waals surface area contributed by atoms with E-state index in [-0.39, 0.29) is 17.9 Å². The summed E-state index contributed by atoms with van der Waals surface area (Å²) < 4.78 is 21.2. The van der Waals surface area contributed by atoms with E-state index in [1.54, 1.807) is 0 Å². The second kappa shape index (κ2) is 4.13. The fourth-order valence-electron chi connectivity index (χ4n) is 0.134. The maximum absolute atomic E-state index is 9.66. The molecule has 0 radical (unpaired) electrons. The third-order valence-electron chi connectivity index (χ3n) is 0.358. The number of carbonyl (C=O) groups excluding carboxylic acids is 2. The van der Waals surface area contributed by atoms with Crippen molar-refractivity contribution >= 4 is 24.2 Å². The summed E-state index contributed by atoms with van der Waals surface area (Å²) in [7, 11) is 0. The molecule has 0 aliphatic heterocycles. The molecule has 0 bridgehead atoms. The summed E-state index contributed by atoms with van der Waals surface area (Å²) >= 11 is -2.63. The van der Waals surface area contributed by atoms with Crippen LogP contribution in [-0.2, 0) is 25.2 Å². The third-order valence-corrected chi connectivity index (χ3v) is 0.657. The Morgan fingerprint density at radius 3 is 2.00 bits per heavy atom. The van der Waals surface area contributed by atoms with Crippen LogP contribution in [0.15, 0.2) is 0 Å². The monoisotopic (exact) mass is 153 g/mol. The quantitative estimate of drug-likeness (QED) is 0.307. The van der Waals surface area contributed by atoms with Crippen molar-refractivity contribution in [3.63, 3.8) is 0 Å². The Hall–Kier alpha value is -0.790. The second-order valence-electron chi connectivity index (χ2n) is 0.862. The normalized spacial score (nSPS) is 12.1. The van der Waals surface area contributed by atoms with Crippen LogP contribution in [0.2, 0.25) is 0 Å². The molecule has 0 aromatic heterocycles. The molecule has 9 heavy (non-hydrogen) atoms. The highest BCUT2D eigenvalue weighted by molar-refractivity contribution is 7.74. The molecule has 0 aliphatic rings. The van der Waals surface area contributed by atoms with Gasteiger partial charge in [-0.3, -0.25) is 14.1 Å². The number of carbonyl (C=O) groups is 2. The van der Waals surface area contributed by atoms with Gasteiger partial charge in [0.1, 0.15) is 0 Å². The highest BCUT2D eigenvalue weighted by atomic mass is 32.2. The highest BCUT2D eigenvalue weighted by Crippen LogP contribution is 1.81. The van der Waals surface area contributed by atoms with Gasteiger partial charge >= 0.3 is 11.4 Å². The van der Waals surface area contributed by atoms with Crippen molar-refractivity contribution < 1.29 is 22.6 Å². The number of hydrogen-bond acceptors (Lipinski definition) is 4. The van der Waals surface area contributed by atoms with Crippen LogP contribution in [0.4, 0.5) is 0 Å². The smallest absolute Gasteiger partial charge is 0.282 e. The number of hydroxylamine groups is 2. The summed E-state index contributed by atoms with van der Waals surface area (Å²) in [5.41, 5.74) is 0. The topological polar surface area (TPSA) is 83.9 Å². The first-order chi connectivity index (χ1) is 4.20. The van der Waals surface area contributed by atoms with Crippen molar-refractivity contribution in [3.05, 3.63) is 0 Å². The largest absolute Gasteiger partial charge is 0.325 e. The Morgan fingerprint density at radius 1 is 1.44 bits per heavy atom. The van der Waals surface area contributed by atoms with Crippen LogP contribution < -0.4 is 0 Å². The Kier molecular flexibility index (Phi) is 3.76. The molecule has 1 unspecified atom stereocenters. The van der Waals surface area contributed by atoms with Gasteiger partial charge in [-0.15, -0.1) is 9.35 Å². The van der Waals surface area contributed by atoms with Gasteiger partial charge in [-0.2, -0.15) is 4.21 Å². The van der Waals surface area contributed by atoms with Crippen LogP contribution in [0, 0.1) is 0 Å². The Morgan fingerprint density at radius 2 is 1.89 bits per heavy atom. The van der Waals surface area contributed by atoms with Gasteiger partial charge in [0.25, 0.3) is 0 Å². The van der Waals surface area contributed by atoms with Crippen molar-refractivity contribution in [3.8, 4) is 0 Å². The lowest BCUT2D eigenvalue weighted by atomic mass is 11.2. The van der Waals surface area contributed by atoms with Crippen molar-refractivity contribution in [2.45, 2.75) is 0 Å². The van der Waals surface area contributed by atoms with E-state index in [0.717, 1.165) is 0 Å². The van der Waals surface area contributed by atoms with Crippen molar-refractivity contribution in [2.24, 2.45) is 0 Å². The molecule has 2 amide bonds. The molecule has 0 saturated carbocycles. The second-order valence-corrected chi connectivity index (χ2v) is 1.45. The number of nitrogens with zero attached hydrogens (tertiary/aromatic N) is 1. The van der Waals surface area contributed by atoms with E-state index in [0.29, 0.717) is 0 Å². The maximum atomic E-state index is 9.66. The lowest BCUT2D eigenvalue weighted by Gasteiger charge is -2.00. The highest BCUT2D eigenvalue weighted by Gasteiger charge is 2.01. The van der Waals surface area contributed by atoms with Crippen LogP contribution in [0.5, 0.6) is 0 Å². The van der Waals surface area contributed by atoms with Gasteiger partial charge < -0.3 is 0 Å². The van der Waals surface area contributed by atoms with Gasteiger partial charge in [0.05, 0.1) is 0 Å². The molecule has 0 aliphatic carbocycles. The molecule has 0 aromatic carbocycles. The van der Waals surface area contributed by atoms with Gasteiger partial charge in [-0.1, -0.05) is 0 Å². The SMILES string of the molecule is O=CN(C=O)OS(=O)O. The fraction of sp³-hybridized carbons (Fsp3) is 0. The molecular formula is C2H3NO5S. The predicted octanol–water partition coefficient (Wildman–Crippen LogP) is -1.33. The molecule has 6 nitrogen and oxygen atoms in total. The minimum absolute atomic E-state index is 0.0378.